The Kier molecular flexibility index (Phi) is 6.66. The van der Waals surface area contributed by atoms with Gasteiger partial charge in [-0.05, 0) is 54.9 Å². The minimum absolute atomic E-state index is 0. The van der Waals surface area contributed by atoms with Gasteiger partial charge in [0.2, 0.25) is 0 Å². The third-order valence-electron chi connectivity index (χ3n) is 5.42. The number of nitrogens with zero attached hydrogens (tertiary/aromatic N) is 5. The lowest BCUT2D eigenvalue weighted by Crippen LogP contribution is -2.44. The second kappa shape index (κ2) is 9.02. The van der Waals surface area contributed by atoms with Crippen LogP contribution in [-0.4, -0.2) is 63.8 Å². The summed E-state index contributed by atoms with van der Waals surface area (Å²) in [6.45, 7) is 4.62. The summed E-state index contributed by atoms with van der Waals surface area (Å²) in [5, 5.41) is 14.7. The van der Waals surface area contributed by atoms with Crippen LogP contribution in [-0.2, 0) is 11.8 Å². The Labute approximate surface area is 174 Å². The molecule has 2 saturated heterocycles. The average molecular weight is 425 g/mol. The van der Waals surface area contributed by atoms with Gasteiger partial charge in [0.25, 0.3) is 5.91 Å². The summed E-state index contributed by atoms with van der Waals surface area (Å²) in [4.78, 5) is 27.3. The lowest BCUT2D eigenvalue weighted by molar-refractivity contribution is -0.0285. The molecule has 0 aromatic carbocycles. The largest absolute Gasteiger partial charge is 0.427 e. The number of amides is 1. The van der Waals surface area contributed by atoms with Crippen LogP contribution < -0.4 is 10.9 Å². The molecule has 1 unspecified atom stereocenters. The van der Waals surface area contributed by atoms with E-state index in [1.165, 1.54) is 4.68 Å². The molecule has 4 rings (SSSR count). The third kappa shape index (κ3) is 4.34. The Morgan fingerprint density at radius 1 is 1.31 bits per heavy atom. The van der Waals surface area contributed by atoms with Crippen molar-refractivity contribution in [1.29, 1.82) is 0 Å². The number of aryl methyl sites for hydroxylation is 2. The van der Waals surface area contributed by atoms with E-state index in [0.29, 0.717) is 30.3 Å². The van der Waals surface area contributed by atoms with Crippen LogP contribution in [0.2, 0.25) is 0 Å². The summed E-state index contributed by atoms with van der Waals surface area (Å²) in [5.41, 5.74) is 0.175. The highest BCUT2D eigenvalue weighted by atomic mass is 35.5. The van der Waals surface area contributed by atoms with Crippen molar-refractivity contribution in [2.45, 2.75) is 31.8 Å². The molecule has 10 nitrogen and oxygen atoms in total. The SMILES string of the molecule is Cc1cc(C2CCNCC2)oc(=O)c1C(=O)N1CCOC(c2nnnn2C)C1.Cl. The Morgan fingerprint density at radius 3 is 2.72 bits per heavy atom. The smallest absolute Gasteiger partial charge is 0.349 e. The van der Waals surface area contributed by atoms with Gasteiger partial charge in [0, 0.05) is 19.5 Å². The predicted octanol–water partition coefficient (Wildman–Crippen LogP) is 0.574. The first-order valence-electron chi connectivity index (χ1n) is 9.53. The molecule has 11 heteroatoms. The van der Waals surface area contributed by atoms with Gasteiger partial charge in [0.05, 0.1) is 13.2 Å². The van der Waals surface area contributed by atoms with Crippen LogP contribution in [0.25, 0.3) is 0 Å². The van der Waals surface area contributed by atoms with Gasteiger partial charge in [-0.1, -0.05) is 0 Å². The monoisotopic (exact) mass is 424 g/mol. The number of rotatable bonds is 3. The summed E-state index contributed by atoms with van der Waals surface area (Å²) < 4.78 is 12.8. The number of carbonyl (C=O) groups excluding carboxylic acids is 1. The summed E-state index contributed by atoms with van der Waals surface area (Å²) in [5.74, 6) is 1.09. The Hall–Kier alpha value is -2.30. The maximum absolute atomic E-state index is 13.1. The molecule has 0 radical (unpaired) electrons. The molecule has 1 atom stereocenters. The van der Waals surface area contributed by atoms with Gasteiger partial charge < -0.3 is 19.4 Å². The number of nitrogens with one attached hydrogen (secondary N) is 1. The van der Waals surface area contributed by atoms with Crippen LogP contribution >= 0.6 is 12.4 Å². The number of hydrogen-bond donors (Lipinski definition) is 1. The first kappa shape index (κ1) is 21.4. The van der Waals surface area contributed by atoms with E-state index in [9.17, 15) is 9.59 Å². The summed E-state index contributed by atoms with van der Waals surface area (Å²) in [6.07, 6.45) is 1.41. The van der Waals surface area contributed by atoms with E-state index in [1.807, 2.05) is 6.07 Å². The van der Waals surface area contributed by atoms with Crippen molar-refractivity contribution in [3.05, 3.63) is 39.2 Å². The molecule has 2 aromatic heterocycles. The highest BCUT2D eigenvalue weighted by Crippen LogP contribution is 2.26. The number of aromatic nitrogens is 4. The van der Waals surface area contributed by atoms with E-state index >= 15 is 0 Å². The van der Waals surface area contributed by atoms with Crippen molar-refractivity contribution in [2.75, 3.05) is 32.8 Å². The average Bonchev–Trinajstić information content (AvgIpc) is 3.14. The Balaban J connectivity index is 0.00000240. The van der Waals surface area contributed by atoms with Crippen LogP contribution in [0.3, 0.4) is 0 Å². The van der Waals surface area contributed by atoms with Crippen LogP contribution in [0, 0.1) is 6.92 Å². The minimum Gasteiger partial charge on any atom is -0.427 e. The Bertz CT molecular complexity index is 923. The molecule has 0 aliphatic carbocycles. The van der Waals surface area contributed by atoms with Gasteiger partial charge in [-0.2, -0.15) is 0 Å². The van der Waals surface area contributed by atoms with E-state index < -0.39 is 11.7 Å². The quantitative estimate of drug-likeness (QED) is 0.760. The second-order valence-corrected chi connectivity index (χ2v) is 7.29. The topological polar surface area (TPSA) is 115 Å². The van der Waals surface area contributed by atoms with Crippen molar-refractivity contribution in [2.24, 2.45) is 7.05 Å². The van der Waals surface area contributed by atoms with Crippen LogP contribution in [0.5, 0.6) is 0 Å². The maximum atomic E-state index is 13.1. The van der Waals surface area contributed by atoms with Crippen LogP contribution in [0.15, 0.2) is 15.3 Å². The lowest BCUT2D eigenvalue weighted by Gasteiger charge is -2.32. The third-order valence-corrected chi connectivity index (χ3v) is 5.42. The van der Waals surface area contributed by atoms with Gasteiger partial charge >= 0.3 is 5.63 Å². The molecule has 2 aliphatic rings. The molecule has 2 aromatic rings. The summed E-state index contributed by atoms with van der Waals surface area (Å²) in [6, 6.07) is 1.84. The molecule has 4 heterocycles. The van der Waals surface area contributed by atoms with Gasteiger partial charge in [0.15, 0.2) is 5.82 Å². The molecule has 0 saturated carbocycles. The summed E-state index contributed by atoms with van der Waals surface area (Å²) >= 11 is 0. The lowest BCUT2D eigenvalue weighted by atomic mass is 9.94. The highest BCUT2D eigenvalue weighted by Gasteiger charge is 2.32. The van der Waals surface area contributed by atoms with E-state index in [-0.39, 0.29) is 36.3 Å². The summed E-state index contributed by atoms with van der Waals surface area (Å²) in [7, 11) is 1.72. The van der Waals surface area contributed by atoms with Gasteiger partial charge in [-0.25, -0.2) is 9.48 Å². The van der Waals surface area contributed by atoms with Gasteiger partial charge in [0.1, 0.15) is 17.4 Å². The van der Waals surface area contributed by atoms with E-state index in [0.717, 1.165) is 25.9 Å². The van der Waals surface area contributed by atoms with Crippen molar-refractivity contribution in [1.82, 2.24) is 30.4 Å². The fraction of sp³-hybridized carbons (Fsp3) is 0.611. The fourth-order valence-electron chi connectivity index (χ4n) is 3.85. The van der Waals surface area contributed by atoms with Crippen molar-refractivity contribution >= 4 is 18.3 Å². The molecule has 158 valence electrons. The van der Waals surface area contributed by atoms with E-state index in [1.54, 1.807) is 18.9 Å². The highest BCUT2D eigenvalue weighted by molar-refractivity contribution is 5.95. The van der Waals surface area contributed by atoms with Crippen molar-refractivity contribution in [3.8, 4) is 0 Å². The van der Waals surface area contributed by atoms with Gasteiger partial charge in [-0.3, -0.25) is 4.79 Å². The first-order valence-corrected chi connectivity index (χ1v) is 9.53. The number of piperidine rings is 1. The normalized spacial score (nSPS) is 20.3. The van der Waals surface area contributed by atoms with Crippen LogP contribution in [0.4, 0.5) is 0 Å². The minimum atomic E-state index is -0.568. The fourth-order valence-corrected chi connectivity index (χ4v) is 3.85. The zero-order chi connectivity index (χ0) is 19.7. The molecule has 1 amide bonds. The van der Waals surface area contributed by atoms with E-state index in [2.05, 4.69) is 20.8 Å². The molecule has 1 N–H and O–H groups in total. The van der Waals surface area contributed by atoms with Crippen molar-refractivity contribution in [3.63, 3.8) is 0 Å². The molecule has 0 spiro atoms. The molecule has 0 bridgehead atoms. The predicted molar refractivity (Wildman–Crippen MR) is 105 cm³/mol. The van der Waals surface area contributed by atoms with Crippen LogP contribution in [0.1, 0.15) is 52.4 Å². The molecule has 2 aliphatic heterocycles. The molecule has 2 fully saturated rings. The first-order chi connectivity index (χ1) is 13.5. The number of halogens is 1. The molecular weight excluding hydrogens is 400 g/mol. The van der Waals surface area contributed by atoms with Crippen molar-refractivity contribution < 1.29 is 13.9 Å². The molecule has 29 heavy (non-hydrogen) atoms. The maximum Gasteiger partial charge on any atom is 0.349 e. The van der Waals surface area contributed by atoms with E-state index in [4.69, 9.17) is 9.15 Å². The number of morpholine rings is 1. The standard InChI is InChI=1S/C18H24N6O4.ClH/c1-11-9-13(12-3-5-19-6-4-12)28-18(26)15(11)17(25)24-7-8-27-14(10-24)16-20-21-22-23(16)2;/h9,12,14,19H,3-8,10H2,1-2H3;1H. The zero-order valence-corrected chi connectivity index (χ0v) is 17.3. The number of hydrogen-bond acceptors (Lipinski definition) is 8. The zero-order valence-electron chi connectivity index (χ0n) is 16.5. The second-order valence-electron chi connectivity index (χ2n) is 7.29. The number of carbonyl (C=O) groups is 1. The number of ether oxygens (including phenoxy) is 1. The molecular formula is C18H25ClN6O4. The van der Waals surface area contributed by atoms with Gasteiger partial charge in [-0.15, -0.1) is 17.5 Å². The Morgan fingerprint density at radius 2 is 2.07 bits per heavy atom. The number of tetrazole rings is 1.